The van der Waals surface area contributed by atoms with E-state index in [2.05, 4.69) is 10.6 Å². The van der Waals surface area contributed by atoms with Crippen molar-refractivity contribution in [2.24, 2.45) is 5.92 Å². The third-order valence-electron chi connectivity index (χ3n) is 4.79. The Bertz CT molecular complexity index is 627. The second-order valence-corrected chi connectivity index (χ2v) is 6.65. The van der Waals surface area contributed by atoms with Crippen LogP contribution in [0.3, 0.4) is 0 Å². The van der Waals surface area contributed by atoms with Crippen molar-refractivity contribution in [2.75, 3.05) is 11.9 Å². The molecule has 1 aromatic carbocycles. The molecule has 0 saturated heterocycles. The molecule has 1 aromatic rings. The van der Waals surface area contributed by atoms with E-state index in [1.807, 2.05) is 0 Å². The van der Waals surface area contributed by atoms with Crippen LogP contribution in [-0.2, 0) is 9.59 Å². The number of ether oxygens (including phenoxy) is 1. The number of carbonyl (C=O) groups is 2. The van der Waals surface area contributed by atoms with Gasteiger partial charge in [-0.25, -0.2) is 0 Å². The maximum Gasteiger partial charge on any atom is 0.247 e. The van der Waals surface area contributed by atoms with Gasteiger partial charge in [0.2, 0.25) is 11.8 Å². The van der Waals surface area contributed by atoms with Gasteiger partial charge in [-0.05, 0) is 18.4 Å². The van der Waals surface area contributed by atoms with Crippen molar-refractivity contribution >= 4 is 17.5 Å². The van der Waals surface area contributed by atoms with Gasteiger partial charge < -0.3 is 20.5 Å². The summed E-state index contributed by atoms with van der Waals surface area (Å²) < 4.78 is 5.64. The van der Waals surface area contributed by atoms with E-state index < -0.39 is 12.1 Å². The molecule has 130 valence electrons. The fourth-order valence-electron chi connectivity index (χ4n) is 3.26. The first-order chi connectivity index (χ1) is 11.5. The summed E-state index contributed by atoms with van der Waals surface area (Å²) >= 11 is 0. The molecule has 6 nitrogen and oxygen atoms in total. The van der Waals surface area contributed by atoms with Crippen molar-refractivity contribution in [3.8, 4) is 5.75 Å². The lowest BCUT2D eigenvalue weighted by Crippen LogP contribution is -2.44. The summed E-state index contributed by atoms with van der Waals surface area (Å²) in [4.78, 5) is 24.1. The van der Waals surface area contributed by atoms with Crippen LogP contribution in [-0.4, -0.2) is 29.6 Å². The highest BCUT2D eigenvalue weighted by atomic mass is 16.5. The van der Waals surface area contributed by atoms with E-state index in [-0.39, 0.29) is 11.8 Å². The maximum atomic E-state index is 12.6. The Balaban J connectivity index is 1.74. The Morgan fingerprint density at radius 1 is 1.33 bits per heavy atom. The Hall–Kier alpha value is -2.08. The standard InChI is InChI=1S/C18H24N2O4/c1-11(21)19-15(10-12-4-2-5-12)18(23)20-14-7-3-6-13-16(22)8-9-24-17(13)14/h3,6-7,12,15-16,22H,2,4-5,8-10H2,1H3,(H,19,21)(H,20,23)/t15-,16-/m1/s1. The number of hydrogen-bond acceptors (Lipinski definition) is 4. The molecule has 0 radical (unpaired) electrons. The number of benzene rings is 1. The minimum absolute atomic E-state index is 0.212. The second kappa shape index (κ2) is 7.21. The highest BCUT2D eigenvalue weighted by molar-refractivity contribution is 5.98. The number of rotatable bonds is 5. The number of anilines is 1. The van der Waals surface area contributed by atoms with E-state index in [1.54, 1.807) is 18.2 Å². The summed E-state index contributed by atoms with van der Waals surface area (Å²) in [6.45, 7) is 1.84. The summed E-state index contributed by atoms with van der Waals surface area (Å²) in [5.74, 6) is 0.565. The van der Waals surface area contributed by atoms with Crippen molar-refractivity contribution in [3.05, 3.63) is 23.8 Å². The fourth-order valence-corrected chi connectivity index (χ4v) is 3.26. The smallest absolute Gasteiger partial charge is 0.247 e. The average molecular weight is 332 g/mol. The molecule has 1 saturated carbocycles. The zero-order valence-electron chi connectivity index (χ0n) is 13.9. The normalized spacial score (nSPS) is 21.0. The molecule has 1 aliphatic heterocycles. The van der Waals surface area contributed by atoms with Crippen molar-refractivity contribution in [1.29, 1.82) is 0 Å². The molecule has 24 heavy (non-hydrogen) atoms. The van der Waals surface area contributed by atoms with Crippen molar-refractivity contribution in [2.45, 2.75) is 51.2 Å². The Morgan fingerprint density at radius 3 is 2.79 bits per heavy atom. The number of aliphatic hydroxyl groups is 1. The minimum Gasteiger partial charge on any atom is -0.491 e. The van der Waals surface area contributed by atoms with Crippen LogP contribution in [0.1, 0.15) is 50.7 Å². The highest BCUT2D eigenvalue weighted by Gasteiger charge is 2.29. The molecule has 2 amide bonds. The van der Waals surface area contributed by atoms with Crippen LogP contribution < -0.4 is 15.4 Å². The number of hydrogen-bond donors (Lipinski definition) is 3. The van der Waals surface area contributed by atoms with Crippen LogP contribution in [0, 0.1) is 5.92 Å². The molecule has 1 heterocycles. The van der Waals surface area contributed by atoms with E-state index in [1.165, 1.54) is 13.3 Å². The molecule has 1 aliphatic carbocycles. The number of amides is 2. The van der Waals surface area contributed by atoms with E-state index >= 15 is 0 Å². The molecule has 2 atom stereocenters. The van der Waals surface area contributed by atoms with Crippen molar-refractivity contribution in [3.63, 3.8) is 0 Å². The zero-order valence-corrected chi connectivity index (χ0v) is 13.9. The van der Waals surface area contributed by atoms with Gasteiger partial charge in [0.15, 0.2) is 0 Å². The highest BCUT2D eigenvalue weighted by Crippen LogP contribution is 2.38. The molecule has 0 spiro atoms. The van der Waals surface area contributed by atoms with Crippen LogP contribution in [0.4, 0.5) is 5.69 Å². The summed E-state index contributed by atoms with van der Waals surface area (Å²) in [5, 5.41) is 15.7. The average Bonchev–Trinajstić information content (AvgIpc) is 2.50. The van der Waals surface area contributed by atoms with Gasteiger partial charge in [-0.3, -0.25) is 9.59 Å². The predicted molar refractivity (Wildman–Crippen MR) is 89.7 cm³/mol. The fraction of sp³-hybridized carbons (Fsp3) is 0.556. The van der Waals surface area contributed by atoms with Gasteiger partial charge in [-0.15, -0.1) is 0 Å². The van der Waals surface area contributed by atoms with Crippen molar-refractivity contribution in [1.82, 2.24) is 5.32 Å². The summed E-state index contributed by atoms with van der Waals surface area (Å²) in [6.07, 6.45) is 4.03. The molecular formula is C18H24N2O4. The third-order valence-corrected chi connectivity index (χ3v) is 4.79. The number of aliphatic hydroxyl groups excluding tert-OH is 1. The van der Waals surface area contributed by atoms with Crippen LogP contribution in [0.25, 0.3) is 0 Å². The second-order valence-electron chi connectivity index (χ2n) is 6.65. The van der Waals surface area contributed by atoms with Gasteiger partial charge in [-0.1, -0.05) is 31.4 Å². The predicted octanol–water partition coefficient (Wildman–Crippen LogP) is 2.14. The largest absolute Gasteiger partial charge is 0.491 e. The lowest BCUT2D eigenvalue weighted by atomic mass is 9.80. The zero-order chi connectivity index (χ0) is 17.1. The topological polar surface area (TPSA) is 87.7 Å². The van der Waals surface area contributed by atoms with Gasteiger partial charge in [0, 0.05) is 18.9 Å². The van der Waals surface area contributed by atoms with E-state index in [9.17, 15) is 14.7 Å². The van der Waals surface area contributed by atoms with E-state index in [0.29, 0.717) is 42.4 Å². The molecule has 3 N–H and O–H groups in total. The monoisotopic (exact) mass is 332 g/mol. The number of carbonyl (C=O) groups excluding carboxylic acids is 2. The quantitative estimate of drug-likeness (QED) is 0.771. The van der Waals surface area contributed by atoms with Gasteiger partial charge in [-0.2, -0.15) is 0 Å². The Kier molecular flexibility index (Phi) is 5.04. The van der Waals surface area contributed by atoms with Crippen LogP contribution in [0.5, 0.6) is 5.75 Å². The lowest BCUT2D eigenvalue weighted by Gasteiger charge is -2.30. The maximum absolute atomic E-state index is 12.6. The summed E-state index contributed by atoms with van der Waals surface area (Å²) in [7, 11) is 0. The number of fused-ring (bicyclic) bond motifs is 1. The third kappa shape index (κ3) is 3.70. The first kappa shape index (κ1) is 16.8. The van der Waals surface area contributed by atoms with Gasteiger partial charge in [0.25, 0.3) is 0 Å². The minimum atomic E-state index is -0.577. The Labute approximate surface area is 141 Å². The summed E-state index contributed by atoms with van der Waals surface area (Å²) in [5.41, 5.74) is 1.23. The van der Waals surface area contributed by atoms with Gasteiger partial charge in [0.1, 0.15) is 11.8 Å². The van der Waals surface area contributed by atoms with E-state index in [0.717, 1.165) is 12.8 Å². The van der Waals surface area contributed by atoms with E-state index in [4.69, 9.17) is 4.74 Å². The molecule has 0 bridgehead atoms. The van der Waals surface area contributed by atoms with Crippen LogP contribution in [0.2, 0.25) is 0 Å². The molecule has 1 fully saturated rings. The van der Waals surface area contributed by atoms with Gasteiger partial charge in [0.05, 0.1) is 18.4 Å². The molecule has 3 rings (SSSR count). The SMILES string of the molecule is CC(=O)N[C@H](CC1CCC1)C(=O)Nc1cccc2c1OCC[C@H]2O. The first-order valence-corrected chi connectivity index (χ1v) is 8.56. The van der Waals surface area contributed by atoms with Crippen molar-refractivity contribution < 1.29 is 19.4 Å². The number of para-hydroxylation sites is 1. The lowest BCUT2D eigenvalue weighted by molar-refractivity contribution is -0.125. The molecular weight excluding hydrogens is 308 g/mol. The Morgan fingerprint density at radius 2 is 2.12 bits per heavy atom. The number of nitrogens with one attached hydrogen (secondary N) is 2. The first-order valence-electron chi connectivity index (χ1n) is 8.56. The molecule has 2 aliphatic rings. The molecule has 0 aromatic heterocycles. The van der Waals surface area contributed by atoms with Crippen LogP contribution in [0.15, 0.2) is 18.2 Å². The molecule has 0 unspecified atom stereocenters. The van der Waals surface area contributed by atoms with Gasteiger partial charge >= 0.3 is 0 Å². The molecule has 6 heteroatoms. The van der Waals surface area contributed by atoms with Crippen LogP contribution >= 0.6 is 0 Å². The summed E-state index contributed by atoms with van der Waals surface area (Å²) in [6, 6.07) is 4.79.